The smallest absolute Gasteiger partial charge is 0.322 e. The average Bonchev–Trinajstić information content (AvgIpc) is 2.38. The highest BCUT2D eigenvalue weighted by atomic mass is 35.5. The summed E-state index contributed by atoms with van der Waals surface area (Å²) >= 11 is 5.62. The number of hydrogen-bond acceptors (Lipinski definition) is 6. The number of halogens is 1. The Hall–Kier alpha value is -2.08. The molecule has 2 amide bonds. The SMILES string of the molecule is N[C@H](CNC(=O)Nc1cc(Cl)cc(S(=O)(=O)O)c1O)C(=O)O. The number of aliphatic carboxylic acids is 1. The number of rotatable bonds is 5. The highest BCUT2D eigenvalue weighted by Crippen LogP contribution is 2.34. The molecule has 0 aliphatic carbocycles. The Labute approximate surface area is 129 Å². The topological polar surface area (TPSA) is 179 Å². The van der Waals surface area contributed by atoms with E-state index in [0.717, 1.165) is 12.1 Å². The van der Waals surface area contributed by atoms with Crippen LogP contribution in [0.3, 0.4) is 0 Å². The molecule has 1 aromatic carbocycles. The van der Waals surface area contributed by atoms with E-state index < -0.39 is 51.0 Å². The van der Waals surface area contributed by atoms with Crippen LogP contribution in [-0.2, 0) is 14.9 Å². The number of carbonyl (C=O) groups excluding carboxylic acids is 1. The summed E-state index contributed by atoms with van der Waals surface area (Å²) in [6, 6.07) is -0.486. The maximum atomic E-state index is 11.5. The zero-order valence-corrected chi connectivity index (χ0v) is 12.3. The molecule has 1 rings (SSSR count). The lowest BCUT2D eigenvalue weighted by atomic mass is 10.3. The number of aromatic hydroxyl groups is 1. The maximum absolute atomic E-state index is 11.5. The molecule has 0 fully saturated rings. The first-order valence-electron chi connectivity index (χ1n) is 5.55. The summed E-state index contributed by atoms with van der Waals surface area (Å²) in [5.74, 6) is -2.26. The van der Waals surface area contributed by atoms with Crippen molar-refractivity contribution in [3.05, 3.63) is 17.2 Å². The number of hydrogen-bond donors (Lipinski definition) is 6. The normalized spacial score (nSPS) is 12.5. The number of urea groups is 1. The summed E-state index contributed by atoms with van der Waals surface area (Å²) < 4.78 is 31.1. The van der Waals surface area contributed by atoms with Gasteiger partial charge in [0.25, 0.3) is 10.1 Å². The van der Waals surface area contributed by atoms with Crippen molar-refractivity contribution >= 4 is 39.4 Å². The minimum atomic E-state index is -4.76. The van der Waals surface area contributed by atoms with E-state index in [0.29, 0.717) is 0 Å². The van der Waals surface area contributed by atoms with Gasteiger partial charge in [0.05, 0.1) is 5.69 Å². The predicted molar refractivity (Wildman–Crippen MR) is 75.6 cm³/mol. The van der Waals surface area contributed by atoms with E-state index in [1.165, 1.54) is 0 Å². The van der Waals surface area contributed by atoms with Crippen molar-refractivity contribution in [2.45, 2.75) is 10.9 Å². The van der Waals surface area contributed by atoms with Crippen molar-refractivity contribution in [3.63, 3.8) is 0 Å². The lowest BCUT2D eigenvalue weighted by molar-refractivity contribution is -0.138. The molecule has 10 nitrogen and oxygen atoms in total. The molecule has 0 spiro atoms. The Morgan fingerprint density at radius 3 is 2.45 bits per heavy atom. The molecule has 0 saturated carbocycles. The number of nitrogens with two attached hydrogens (primary N) is 1. The van der Waals surface area contributed by atoms with Crippen LogP contribution in [0, 0.1) is 0 Å². The van der Waals surface area contributed by atoms with E-state index >= 15 is 0 Å². The first-order valence-corrected chi connectivity index (χ1v) is 7.37. The van der Waals surface area contributed by atoms with Gasteiger partial charge in [0.15, 0.2) is 5.75 Å². The fourth-order valence-corrected chi connectivity index (χ4v) is 2.24. The average molecular weight is 354 g/mol. The second kappa shape index (κ2) is 6.79. The monoisotopic (exact) mass is 353 g/mol. The molecule has 0 radical (unpaired) electrons. The minimum Gasteiger partial charge on any atom is -0.504 e. The van der Waals surface area contributed by atoms with Crippen LogP contribution in [0.4, 0.5) is 10.5 Å². The van der Waals surface area contributed by atoms with Gasteiger partial charge in [-0.15, -0.1) is 0 Å². The first-order chi connectivity index (χ1) is 10.0. The lowest BCUT2D eigenvalue weighted by Gasteiger charge is -2.12. The fraction of sp³-hybridized carbons (Fsp3) is 0.200. The molecule has 22 heavy (non-hydrogen) atoms. The highest BCUT2D eigenvalue weighted by molar-refractivity contribution is 7.86. The summed E-state index contributed by atoms with van der Waals surface area (Å²) in [5.41, 5.74) is 4.77. The van der Waals surface area contributed by atoms with Crippen molar-refractivity contribution in [3.8, 4) is 5.75 Å². The Morgan fingerprint density at radius 2 is 1.95 bits per heavy atom. The number of benzene rings is 1. The van der Waals surface area contributed by atoms with Crippen molar-refractivity contribution in [2.24, 2.45) is 5.73 Å². The second-order valence-corrected chi connectivity index (χ2v) is 5.88. The summed E-state index contributed by atoms with van der Waals surface area (Å²) in [4.78, 5) is 21.1. The Kier molecular flexibility index (Phi) is 5.54. The molecule has 0 aromatic heterocycles. The van der Waals surface area contributed by atoms with E-state index in [9.17, 15) is 23.1 Å². The van der Waals surface area contributed by atoms with Crippen molar-refractivity contribution in [1.82, 2.24) is 5.32 Å². The van der Waals surface area contributed by atoms with Crippen LogP contribution in [0.2, 0.25) is 5.02 Å². The van der Waals surface area contributed by atoms with Gasteiger partial charge in [0.1, 0.15) is 10.9 Å². The summed E-state index contributed by atoms with van der Waals surface area (Å²) in [5, 5.41) is 22.2. The van der Waals surface area contributed by atoms with Gasteiger partial charge >= 0.3 is 12.0 Å². The number of carboxylic acids is 1. The van der Waals surface area contributed by atoms with E-state index in [2.05, 4.69) is 5.32 Å². The van der Waals surface area contributed by atoms with E-state index in [4.69, 9.17) is 27.0 Å². The molecular weight excluding hydrogens is 342 g/mol. The van der Waals surface area contributed by atoms with Crippen molar-refractivity contribution in [1.29, 1.82) is 0 Å². The molecule has 0 heterocycles. The number of nitrogens with one attached hydrogen (secondary N) is 2. The standard InChI is InChI=1S/C10H12ClN3O7S/c11-4-1-6(8(15)7(2-4)22(19,20)21)14-10(18)13-3-5(12)9(16)17/h1-2,5,15H,3,12H2,(H,16,17)(H2,13,14,18)(H,19,20,21)/t5-/m1/s1. The largest absolute Gasteiger partial charge is 0.504 e. The number of amides is 2. The Morgan fingerprint density at radius 1 is 1.36 bits per heavy atom. The second-order valence-electron chi connectivity index (χ2n) is 4.05. The van der Waals surface area contributed by atoms with Crippen LogP contribution in [-0.4, -0.2) is 47.8 Å². The van der Waals surface area contributed by atoms with Crippen LogP contribution >= 0.6 is 11.6 Å². The van der Waals surface area contributed by atoms with Gasteiger partial charge in [-0.05, 0) is 12.1 Å². The van der Waals surface area contributed by atoms with Crippen molar-refractivity contribution in [2.75, 3.05) is 11.9 Å². The molecule has 0 aliphatic heterocycles. The highest BCUT2D eigenvalue weighted by Gasteiger charge is 2.21. The quantitative estimate of drug-likeness (QED) is 0.311. The van der Waals surface area contributed by atoms with Crippen LogP contribution < -0.4 is 16.4 Å². The molecule has 1 atom stereocenters. The van der Waals surface area contributed by atoms with Crippen LogP contribution in [0.15, 0.2) is 17.0 Å². The Balaban J connectivity index is 2.93. The van der Waals surface area contributed by atoms with Crippen molar-refractivity contribution < 1.29 is 32.8 Å². The van der Waals surface area contributed by atoms with Gasteiger partial charge in [0.2, 0.25) is 0 Å². The molecule has 122 valence electrons. The summed E-state index contributed by atoms with van der Waals surface area (Å²) in [6.45, 7) is -0.409. The number of anilines is 1. The van der Waals surface area contributed by atoms with Gasteiger partial charge in [-0.25, -0.2) is 4.79 Å². The molecule has 0 bridgehead atoms. The van der Waals surface area contributed by atoms with E-state index in [1.807, 2.05) is 5.32 Å². The molecule has 0 unspecified atom stereocenters. The number of carbonyl (C=O) groups is 2. The van der Waals surface area contributed by atoms with Crippen LogP contribution in [0.1, 0.15) is 0 Å². The number of phenols is 1. The molecule has 0 saturated heterocycles. The number of carboxylic acid groups (broad SMARTS) is 1. The third-order valence-electron chi connectivity index (χ3n) is 2.37. The van der Waals surface area contributed by atoms with Gasteiger partial charge in [0, 0.05) is 11.6 Å². The molecule has 12 heteroatoms. The van der Waals surface area contributed by atoms with Crippen LogP contribution in [0.5, 0.6) is 5.75 Å². The first kappa shape index (κ1) is 18.0. The minimum absolute atomic E-state index is 0.178. The third-order valence-corrected chi connectivity index (χ3v) is 3.45. The maximum Gasteiger partial charge on any atom is 0.322 e. The molecule has 1 aromatic rings. The third kappa shape index (κ3) is 4.73. The van der Waals surface area contributed by atoms with E-state index in [1.54, 1.807) is 0 Å². The molecule has 0 aliphatic rings. The van der Waals surface area contributed by atoms with Gasteiger partial charge in [-0.2, -0.15) is 8.42 Å². The van der Waals surface area contributed by atoms with Gasteiger partial charge in [-0.3, -0.25) is 9.35 Å². The molecular formula is C10H12ClN3O7S. The zero-order valence-electron chi connectivity index (χ0n) is 10.8. The van der Waals surface area contributed by atoms with E-state index in [-0.39, 0.29) is 5.02 Å². The lowest BCUT2D eigenvalue weighted by Crippen LogP contribution is -2.43. The Bertz CT molecular complexity index is 707. The van der Waals surface area contributed by atoms with Crippen LogP contribution in [0.25, 0.3) is 0 Å². The van der Waals surface area contributed by atoms with Gasteiger partial charge in [-0.1, -0.05) is 11.6 Å². The zero-order chi connectivity index (χ0) is 17.1. The summed E-state index contributed by atoms with van der Waals surface area (Å²) in [7, 11) is -4.76. The summed E-state index contributed by atoms with van der Waals surface area (Å²) in [6.07, 6.45) is 0. The predicted octanol–water partition coefficient (Wildman–Crippen LogP) is -0.174. The van der Waals surface area contributed by atoms with Gasteiger partial charge < -0.3 is 26.6 Å². The molecule has 7 N–H and O–H groups in total. The fourth-order valence-electron chi connectivity index (χ4n) is 1.32. The number of phenolic OH excluding ortho intramolecular Hbond substituents is 1.